The summed E-state index contributed by atoms with van der Waals surface area (Å²) >= 11 is 0. The summed E-state index contributed by atoms with van der Waals surface area (Å²) < 4.78 is 35.8. The van der Waals surface area contributed by atoms with Crippen LogP contribution >= 0.6 is 8.35 Å². The lowest BCUT2D eigenvalue weighted by atomic mass is 10.7. The second-order valence-electron chi connectivity index (χ2n) is 1.56. The normalized spacial score (nSPS) is 12.7. The molecule has 1 nitrogen and oxygen atoms in total. The molecular formula is C4H10F3NP+. The van der Waals surface area contributed by atoms with Gasteiger partial charge in [0.25, 0.3) is 0 Å². The summed E-state index contributed by atoms with van der Waals surface area (Å²) in [5.41, 5.74) is 0. The topological polar surface area (TPSA) is 3.24 Å². The Kier molecular flexibility index (Phi) is 3.44. The quantitative estimate of drug-likeness (QED) is 0.573. The molecule has 0 aliphatic carbocycles. The highest BCUT2D eigenvalue weighted by molar-refractivity contribution is 7.57. The molecule has 0 aliphatic heterocycles. The summed E-state index contributed by atoms with van der Waals surface area (Å²) in [4.78, 5) is 0. The van der Waals surface area contributed by atoms with Gasteiger partial charge in [0.2, 0.25) is 0 Å². The molecule has 0 radical (unpaired) electrons. The Morgan fingerprint density at radius 2 is 1.44 bits per heavy atom. The number of hydrogen-bond donors (Lipinski definition) is 0. The molecule has 0 rings (SSSR count). The van der Waals surface area contributed by atoms with Gasteiger partial charge in [0.1, 0.15) is 0 Å². The van der Waals surface area contributed by atoms with Gasteiger partial charge in [-0.15, -0.1) is 0 Å². The molecule has 0 unspecified atom stereocenters. The van der Waals surface area contributed by atoms with Crippen LogP contribution < -0.4 is 0 Å². The minimum absolute atomic E-state index is 0.0772. The Hall–Kier alpha value is 0.180. The Labute approximate surface area is 53.6 Å². The zero-order valence-electron chi connectivity index (χ0n) is 5.44. The summed E-state index contributed by atoms with van der Waals surface area (Å²) in [5.74, 6) is 0. The maximum absolute atomic E-state index is 11.8. The van der Waals surface area contributed by atoms with E-state index in [-0.39, 0.29) is 13.1 Å². The molecule has 0 N–H and O–H groups in total. The largest absolute Gasteiger partial charge is 0.647 e. The van der Waals surface area contributed by atoms with Crippen LogP contribution in [0.3, 0.4) is 0 Å². The van der Waals surface area contributed by atoms with Gasteiger partial charge in [0.15, 0.2) is 0 Å². The molecule has 9 heavy (non-hydrogen) atoms. The van der Waals surface area contributed by atoms with E-state index >= 15 is 0 Å². The van der Waals surface area contributed by atoms with E-state index in [1.54, 1.807) is 0 Å². The molecule has 0 atom stereocenters. The van der Waals surface area contributed by atoms with E-state index in [0.29, 0.717) is 4.67 Å². The van der Waals surface area contributed by atoms with E-state index in [9.17, 15) is 12.6 Å². The lowest BCUT2D eigenvalue weighted by Gasteiger charge is -2.08. The maximum atomic E-state index is 11.8. The summed E-state index contributed by atoms with van der Waals surface area (Å²) in [6.45, 7) is 3.18. The fourth-order valence-electron chi connectivity index (χ4n) is 0.544. The molecule has 0 bridgehead atoms. The van der Waals surface area contributed by atoms with E-state index < -0.39 is 8.35 Å². The van der Waals surface area contributed by atoms with Crippen molar-refractivity contribution in [2.24, 2.45) is 0 Å². The molecule has 0 saturated carbocycles. The molecule has 0 aliphatic rings. The second kappa shape index (κ2) is 3.37. The third-order valence-electron chi connectivity index (χ3n) is 1.05. The van der Waals surface area contributed by atoms with Gasteiger partial charge in [0.05, 0.1) is 0 Å². The molecule has 0 fully saturated rings. The zero-order chi connectivity index (χ0) is 7.49. The van der Waals surface area contributed by atoms with E-state index in [2.05, 4.69) is 0 Å². The average molecular weight is 160 g/mol. The number of nitrogens with zero attached hydrogens (tertiary/aromatic N) is 1. The van der Waals surface area contributed by atoms with Gasteiger partial charge in [0, 0.05) is 25.7 Å². The van der Waals surface area contributed by atoms with E-state index in [1.807, 2.05) is 0 Å². The molecule has 56 valence electrons. The van der Waals surface area contributed by atoms with Crippen molar-refractivity contribution in [3.8, 4) is 0 Å². The van der Waals surface area contributed by atoms with Crippen LogP contribution in [0.2, 0.25) is 0 Å². The van der Waals surface area contributed by atoms with Crippen LogP contribution in [0.1, 0.15) is 13.8 Å². The summed E-state index contributed by atoms with van der Waals surface area (Å²) in [7, 11) is -5.19. The molecule has 0 aromatic rings. The zero-order valence-corrected chi connectivity index (χ0v) is 6.34. The van der Waals surface area contributed by atoms with Crippen LogP contribution in [0.15, 0.2) is 0 Å². The third kappa shape index (κ3) is 3.01. The average Bonchev–Trinajstić information content (AvgIpc) is 1.65. The van der Waals surface area contributed by atoms with Gasteiger partial charge in [-0.2, -0.15) is 0 Å². The summed E-state index contributed by atoms with van der Waals surface area (Å²) in [5, 5.41) is 0. The van der Waals surface area contributed by atoms with E-state index in [4.69, 9.17) is 0 Å². The van der Waals surface area contributed by atoms with Crippen molar-refractivity contribution >= 4 is 8.35 Å². The highest BCUT2D eigenvalue weighted by Gasteiger charge is 2.50. The maximum Gasteiger partial charge on any atom is 0.647 e. The van der Waals surface area contributed by atoms with Gasteiger partial charge < -0.3 is 0 Å². The number of hydrogen-bond acceptors (Lipinski definition) is 1. The highest BCUT2D eigenvalue weighted by Crippen LogP contribution is 2.66. The summed E-state index contributed by atoms with van der Waals surface area (Å²) in [6.07, 6.45) is 0. The molecule has 0 aromatic heterocycles. The fraction of sp³-hybridized carbons (Fsp3) is 1.00. The highest BCUT2D eigenvalue weighted by atomic mass is 31.3. The first-order valence-electron chi connectivity index (χ1n) is 2.75. The van der Waals surface area contributed by atoms with Crippen LogP contribution in [0.25, 0.3) is 0 Å². The van der Waals surface area contributed by atoms with Crippen molar-refractivity contribution in [1.29, 1.82) is 0 Å². The van der Waals surface area contributed by atoms with Crippen molar-refractivity contribution in [3.05, 3.63) is 0 Å². The molecule has 0 amide bonds. The minimum atomic E-state index is -5.19. The van der Waals surface area contributed by atoms with Crippen LogP contribution in [0.4, 0.5) is 12.6 Å². The molecule has 0 aromatic carbocycles. The van der Waals surface area contributed by atoms with Crippen LogP contribution in [0, 0.1) is 0 Å². The first kappa shape index (κ1) is 9.18. The summed E-state index contributed by atoms with van der Waals surface area (Å²) in [6, 6.07) is 0. The Balaban J connectivity index is 3.79. The fourth-order valence-corrected chi connectivity index (χ4v) is 1.19. The number of halogens is 3. The van der Waals surface area contributed by atoms with Crippen molar-refractivity contribution in [2.45, 2.75) is 13.8 Å². The lowest BCUT2D eigenvalue weighted by Crippen LogP contribution is -2.16. The number of rotatable bonds is 3. The van der Waals surface area contributed by atoms with Crippen molar-refractivity contribution < 1.29 is 12.6 Å². The van der Waals surface area contributed by atoms with Crippen LogP contribution in [-0.2, 0) is 0 Å². The molecule has 0 heterocycles. The van der Waals surface area contributed by atoms with Crippen LogP contribution in [-0.4, -0.2) is 17.8 Å². The van der Waals surface area contributed by atoms with Gasteiger partial charge in [-0.25, -0.2) is 0 Å². The predicted octanol–water partition coefficient (Wildman–Crippen LogP) is 2.91. The Morgan fingerprint density at radius 3 is 1.44 bits per heavy atom. The lowest BCUT2D eigenvalue weighted by molar-refractivity contribution is 0.380. The Bertz CT molecular complexity index is 78.4. The minimum Gasteiger partial charge on any atom is -0.0909 e. The molecule has 0 saturated heterocycles. The van der Waals surface area contributed by atoms with Crippen molar-refractivity contribution in [3.63, 3.8) is 0 Å². The molecule has 0 spiro atoms. The monoisotopic (exact) mass is 160 g/mol. The van der Waals surface area contributed by atoms with E-state index in [0.717, 1.165) is 0 Å². The first-order chi connectivity index (χ1) is 4.02. The van der Waals surface area contributed by atoms with Gasteiger partial charge in [-0.1, -0.05) is 4.67 Å². The first-order valence-corrected chi connectivity index (χ1v) is 4.17. The predicted molar refractivity (Wildman–Crippen MR) is 33.2 cm³/mol. The van der Waals surface area contributed by atoms with Gasteiger partial charge in [-0.05, 0) is 13.8 Å². The molecular weight excluding hydrogens is 150 g/mol. The van der Waals surface area contributed by atoms with Gasteiger partial charge in [-0.3, -0.25) is 0 Å². The van der Waals surface area contributed by atoms with E-state index in [1.165, 1.54) is 13.8 Å². The third-order valence-corrected chi connectivity index (χ3v) is 2.26. The molecule has 5 heteroatoms. The van der Waals surface area contributed by atoms with Crippen molar-refractivity contribution in [1.82, 2.24) is 4.67 Å². The standard InChI is InChI=1S/C4H10F3NP/c1-3-8(4-2)9(5,6)7/h3-4H2,1-2H3/q+1. The van der Waals surface area contributed by atoms with Gasteiger partial charge >= 0.3 is 8.35 Å². The SMILES string of the molecule is CCN(CC)[P+](F)(F)F. The smallest absolute Gasteiger partial charge is 0.0909 e. The Morgan fingerprint density at radius 1 is 1.11 bits per heavy atom. The van der Waals surface area contributed by atoms with Crippen molar-refractivity contribution in [2.75, 3.05) is 13.1 Å². The van der Waals surface area contributed by atoms with Crippen LogP contribution in [0.5, 0.6) is 0 Å². The second-order valence-corrected chi connectivity index (χ2v) is 2.96.